The lowest BCUT2D eigenvalue weighted by atomic mass is 10.0. The highest BCUT2D eigenvalue weighted by Gasteiger charge is 2.37. The smallest absolute Gasteiger partial charge is 0.329 e. The Labute approximate surface area is 118 Å². The number of benzene rings is 1. The van der Waals surface area contributed by atoms with Crippen molar-refractivity contribution in [2.45, 2.75) is 33.2 Å². The number of aryl methyl sites for hydroxylation is 2. The Kier molecular flexibility index (Phi) is 4.09. The van der Waals surface area contributed by atoms with Gasteiger partial charge in [-0.2, -0.15) is 0 Å². The first kappa shape index (κ1) is 14.5. The fourth-order valence-corrected chi connectivity index (χ4v) is 2.56. The molecule has 0 aliphatic carbocycles. The van der Waals surface area contributed by atoms with E-state index >= 15 is 0 Å². The normalized spacial score (nSPS) is 18.0. The van der Waals surface area contributed by atoms with Gasteiger partial charge in [0, 0.05) is 6.42 Å². The molecule has 1 aromatic rings. The number of carbonyl (C=O) groups excluding carboxylic acids is 2. The van der Waals surface area contributed by atoms with Gasteiger partial charge in [-0.15, -0.1) is 0 Å². The van der Waals surface area contributed by atoms with Gasteiger partial charge in [-0.3, -0.25) is 9.69 Å². The first-order valence-corrected chi connectivity index (χ1v) is 6.63. The number of ether oxygens (including phenoxy) is 1. The summed E-state index contributed by atoms with van der Waals surface area (Å²) in [6.07, 6.45) is 0.456. The van der Waals surface area contributed by atoms with Gasteiger partial charge >= 0.3 is 5.97 Å². The average molecular weight is 277 g/mol. The van der Waals surface area contributed by atoms with E-state index in [1.165, 1.54) is 4.90 Å². The first-order valence-electron chi connectivity index (χ1n) is 6.63. The topological polar surface area (TPSA) is 66.8 Å². The summed E-state index contributed by atoms with van der Waals surface area (Å²) in [7, 11) is 0. The molecule has 1 amide bonds. The summed E-state index contributed by atoms with van der Waals surface area (Å²) in [5.74, 6) is -0.891. The summed E-state index contributed by atoms with van der Waals surface area (Å²) in [6, 6.07) is 3.24. The lowest BCUT2D eigenvalue weighted by Gasteiger charge is -2.29. The van der Waals surface area contributed by atoms with Crippen LogP contribution >= 0.6 is 0 Å². The molecule has 0 aromatic heterocycles. The molecule has 1 fully saturated rings. The molecule has 1 aliphatic heterocycles. The number of hydrogen-bond donors (Lipinski definition) is 1. The lowest BCUT2D eigenvalue weighted by Crippen LogP contribution is -2.45. The maximum atomic E-state index is 12.1. The van der Waals surface area contributed by atoms with Crippen LogP contribution in [0.2, 0.25) is 0 Å². The summed E-state index contributed by atoms with van der Waals surface area (Å²) in [6.45, 7) is 5.43. The minimum atomic E-state index is -0.645. The standard InChI is InChI=1S/C15H19NO4/c1-9-4-5-10(2)14(11(9)3)16(13(18)8-17)12-6-7-20-15(12)19/h4-5,12,17H,6-8H2,1-3H3. The van der Waals surface area contributed by atoms with E-state index in [1.807, 2.05) is 32.9 Å². The third-order valence-corrected chi connectivity index (χ3v) is 3.77. The van der Waals surface area contributed by atoms with E-state index in [4.69, 9.17) is 4.74 Å². The van der Waals surface area contributed by atoms with Crippen LogP contribution in [0.4, 0.5) is 5.69 Å². The third kappa shape index (κ3) is 2.41. The van der Waals surface area contributed by atoms with Gasteiger partial charge in [0.15, 0.2) is 0 Å². The Morgan fingerprint density at radius 1 is 1.35 bits per heavy atom. The van der Waals surface area contributed by atoms with Gasteiger partial charge in [-0.25, -0.2) is 4.79 Å². The summed E-state index contributed by atoms with van der Waals surface area (Å²) >= 11 is 0. The monoisotopic (exact) mass is 277 g/mol. The van der Waals surface area contributed by atoms with Gasteiger partial charge in [0.05, 0.1) is 12.3 Å². The van der Waals surface area contributed by atoms with Gasteiger partial charge < -0.3 is 9.84 Å². The first-order chi connectivity index (χ1) is 9.47. The minimum Gasteiger partial charge on any atom is -0.464 e. The van der Waals surface area contributed by atoms with Crippen molar-refractivity contribution in [1.29, 1.82) is 0 Å². The van der Waals surface area contributed by atoms with Crippen molar-refractivity contribution in [2.75, 3.05) is 18.1 Å². The highest BCUT2D eigenvalue weighted by molar-refractivity contribution is 6.01. The molecular formula is C15H19NO4. The summed E-state index contributed by atoms with van der Waals surface area (Å²) in [4.78, 5) is 25.3. The highest BCUT2D eigenvalue weighted by Crippen LogP contribution is 2.31. The average Bonchev–Trinajstić information content (AvgIpc) is 2.84. The van der Waals surface area contributed by atoms with Crippen molar-refractivity contribution in [3.05, 3.63) is 28.8 Å². The molecule has 1 N–H and O–H groups in total. The molecule has 5 heteroatoms. The molecule has 20 heavy (non-hydrogen) atoms. The van der Waals surface area contributed by atoms with E-state index < -0.39 is 24.5 Å². The minimum absolute atomic E-state index is 0.308. The van der Waals surface area contributed by atoms with E-state index in [2.05, 4.69) is 0 Å². The molecule has 0 radical (unpaired) electrons. The van der Waals surface area contributed by atoms with Crippen molar-refractivity contribution in [2.24, 2.45) is 0 Å². The number of amides is 1. The van der Waals surface area contributed by atoms with Crippen LogP contribution in [0, 0.1) is 20.8 Å². The van der Waals surface area contributed by atoms with Crippen molar-refractivity contribution >= 4 is 17.6 Å². The molecule has 2 rings (SSSR count). The van der Waals surface area contributed by atoms with Crippen molar-refractivity contribution in [3.8, 4) is 0 Å². The summed E-state index contributed by atoms with van der Waals surface area (Å²) < 4.78 is 4.96. The number of nitrogens with zero attached hydrogens (tertiary/aromatic N) is 1. The number of anilines is 1. The van der Waals surface area contributed by atoms with Crippen LogP contribution < -0.4 is 4.90 Å². The molecule has 1 unspecified atom stereocenters. The number of cyclic esters (lactones) is 1. The molecule has 0 saturated carbocycles. The van der Waals surface area contributed by atoms with Crippen LogP contribution in [-0.4, -0.2) is 36.2 Å². The van der Waals surface area contributed by atoms with E-state index in [0.29, 0.717) is 18.7 Å². The zero-order valence-corrected chi connectivity index (χ0v) is 12.0. The van der Waals surface area contributed by atoms with E-state index in [0.717, 1.165) is 16.7 Å². The number of hydrogen-bond acceptors (Lipinski definition) is 4. The number of carbonyl (C=O) groups is 2. The third-order valence-electron chi connectivity index (χ3n) is 3.77. The summed E-state index contributed by atoms with van der Waals surface area (Å²) in [5, 5.41) is 9.22. The zero-order chi connectivity index (χ0) is 14.9. The van der Waals surface area contributed by atoms with Crippen molar-refractivity contribution < 1.29 is 19.4 Å². The maximum absolute atomic E-state index is 12.1. The van der Waals surface area contributed by atoms with Crippen molar-refractivity contribution in [3.63, 3.8) is 0 Å². The Balaban J connectivity index is 2.55. The predicted octanol–water partition coefficient (Wildman–Crippen LogP) is 1.25. The van der Waals surface area contributed by atoms with Gasteiger partial charge in [-0.05, 0) is 37.5 Å². The largest absolute Gasteiger partial charge is 0.464 e. The zero-order valence-electron chi connectivity index (χ0n) is 12.0. The van der Waals surface area contributed by atoms with E-state index in [9.17, 15) is 14.7 Å². The number of rotatable bonds is 3. The molecular weight excluding hydrogens is 258 g/mol. The Morgan fingerprint density at radius 2 is 2.00 bits per heavy atom. The second-order valence-corrected chi connectivity index (χ2v) is 5.07. The number of aliphatic hydroxyl groups excluding tert-OH is 1. The Morgan fingerprint density at radius 3 is 2.55 bits per heavy atom. The van der Waals surface area contributed by atoms with Crippen LogP contribution in [0.1, 0.15) is 23.1 Å². The van der Waals surface area contributed by atoms with Crippen LogP contribution in [0.3, 0.4) is 0 Å². The van der Waals surface area contributed by atoms with Gasteiger partial charge in [0.2, 0.25) is 0 Å². The van der Waals surface area contributed by atoms with Crippen LogP contribution in [0.25, 0.3) is 0 Å². The SMILES string of the molecule is Cc1ccc(C)c(N(C(=O)CO)C2CCOC2=O)c1C. The second-order valence-electron chi connectivity index (χ2n) is 5.07. The molecule has 0 bridgehead atoms. The van der Waals surface area contributed by atoms with Crippen molar-refractivity contribution in [1.82, 2.24) is 0 Å². The molecule has 0 spiro atoms. The van der Waals surface area contributed by atoms with Gasteiger partial charge in [0.25, 0.3) is 5.91 Å². The Bertz CT molecular complexity index is 553. The summed E-state index contributed by atoms with van der Waals surface area (Å²) in [5.41, 5.74) is 3.57. The van der Waals surface area contributed by atoms with Gasteiger partial charge in [0.1, 0.15) is 12.6 Å². The molecule has 1 aromatic carbocycles. The number of esters is 1. The van der Waals surface area contributed by atoms with Crippen LogP contribution in [0.5, 0.6) is 0 Å². The van der Waals surface area contributed by atoms with E-state index in [1.54, 1.807) is 0 Å². The predicted molar refractivity (Wildman–Crippen MR) is 74.6 cm³/mol. The van der Waals surface area contributed by atoms with Gasteiger partial charge in [-0.1, -0.05) is 12.1 Å². The number of aliphatic hydroxyl groups is 1. The fraction of sp³-hybridized carbons (Fsp3) is 0.467. The molecule has 1 saturated heterocycles. The molecule has 108 valence electrons. The quantitative estimate of drug-likeness (QED) is 0.844. The fourth-order valence-electron chi connectivity index (χ4n) is 2.56. The maximum Gasteiger partial charge on any atom is 0.329 e. The molecule has 1 aliphatic rings. The van der Waals surface area contributed by atoms with Crippen LogP contribution in [0.15, 0.2) is 12.1 Å². The highest BCUT2D eigenvalue weighted by atomic mass is 16.5. The molecule has 1 atom stereocenters. The molecule has 1 heterocycles. The van der Waals surface area contributed by atoms with Crippen LogP contribution in [-0.2, 0) is 14.3 Å². The Hall–Kier alpha value is -1.88. The van der Waals surface area contributed by atoms with E-state index in [-0.39, 0.29) is 0 Å². The lowest BCUT2D eigenvalue weighted by molar-refractivity contribution is -0.140. The molecule has 5 nitrogen and oxygen atoms in total. The second kappa shape index (κ2) is 5.63.